The van der Waals surface area contributed by atoms with Crippen LogP contribution < -0.4 is 0 Å². The minimum atomic E-state index is -4.38. The molecule has 0 saturated heterocycles. The SMILES string of the molecule is CC/C=C/C/C=C/C/C=C/C/C=C/CCCCC(=O)OC[C@H](COP(=O)(O)OCC[N+](C)(C)C)OC(=O)CCCCCCCCCCCCC. The van der Waals surface area contributed by atoms with Gasteiger partial charge >= 0.3 is 19.8 Å². The molecule has 1 N–H and O–H groups in total. The Balaban J connectivity index is 4.50. The Labute approximate surface area is 305 Å². The summed E-state index contributed by atoms with van der Waals surface area (Å²) in [6.07, 6.45) is 35.9. The molecule has 0 fully saturated rings. The highest BCUT2D eigenvalue weighted by atomic mass is 31.2. The number of carbonyl (C=O) groups excluding carboxylic acids is 2. The van der Waals surface area contributed by atoms with Crippen molar-refractivity contribution in [1.29, 1.82) is 0 Å². The number of hydrogen-bond donors (Lipinski definition) is 1. The van der Waals surface area contributed by atoms with Crippen LogP contribution in [0.4, 0.5) is 0 Å². The number of ether oxygens (including phenoxy) is 2. The van der Waals surface area contributed by atoms with Crippen molar-refractivity contribution in [3.8, 4) is 0 Å². The Morgan fingerprint density at radius 2 is 1.14 bits per heavy atom. The molecule has 0 amide bonds. The molecule has 0 aliphatic heterocycles. The van der Waals surface area contributed by atoms with Crippen LogP contribution >= 0.6 is 7.82 Å². The van der Waals surface area contributed by atoms with Gasteiger partial charge in [-0.1, -0.05) is 127 Å². The molecule has 0 aromatic rings. The maximum Gasteiger partial charge on any atom is 0.472 e. The number of quaternary nitrogens is 1. The number of esters is 2. The van der Waals surface area contributed by atoms with Gasteiger partial charge in [0.2, 0.25) is 0 Å². The molecule has 0 saturated carbocycles. The summed E-state index contributed by atoms with van der Waals surface area (Å²) in [5.74, 6) is -0.852. The van der Waals surface area contributed by atoms with Gasteiger partial charge in [0.25, 0.3) is 0 Å². The normalized spacial score (nSPS) is 14.3. The second kappa shape index (κ2) is 32.8. The van der Waals surface area contributed by atoms with E-state index in [1.165, 1.54) is 51.4 Å². The van der Waals surface area contributed by atoms with Crippen molar-refractivity contribution in [3.05, 3.63) is 48.6 Å². The Bertz CT molecular complexity index is 1000. The van der Waals surface area contributed by atoms with E-state index in [0.29, 0.717) is 23.9 Å². The minimum Gasteiger partial charge on any atom is -0.462 e. The Hall–Kier alpha value is -2.03. The lowest BCUT2D eigenvalue weighted by Crippen LogP contribution is -2.37. The fraction of sp³-hybridized carbons (Fsp3) is 0.750. The predicted octanol–water partition coefficient (Wildman–Crippen LogP) is 10.3. The number of rotatable bonds is 34. The number of nitrogens with zero attached hydrogens (tertiary/aromatic N) is 1. The quantitative estimate of drug-likeness (QED) is 0.0230. The molecule has 0 aromatic heterocycles. The summed E-state index contributed by atoms with van der Waals surface area (Å²) in [6, 6.07) is 0. The third kappa shape index (κ3) is 35.8. The zero-order valence-corrected chi connectivity index (χ0v) is 33.3. The first-order valence-electron chi connectivity index (χ1n) is 19.4. The summed E-state index contributed by atoms with van der Waals surface area (Å²) >= 11 is 0. The first kappa shape index (κ1) is 48.0. The molecule has 290 valence electrons. The molecule has 0 aliphatic carbocycles. The highest BCUT2D eigenvalue weighted by Gasteiger charge is 2.27. The molecule has 0 rings (SSSR count). The average Bonchev–Trinajstić information content (AvgIpc) is 3.06. The molecular formula is C40H73NO8P+. The minimum absolute atomic E-state index is 0.0243. The van der Waals surface area contributed by atoms with Crippen LogP contribution in [0.1, 0.15) is 142 Å². The van der Waals surface area contributed by atoms with Gasteiger partial charge in [-0.15, -0.1) is 0 Å². The van der Waals surface area contributed by atoms with E-state index in [2.05, 4.69) is 62.5 Å². The monoisotopic (exact) mass is 727 g/mol. The topological polar surface area (TPSA) is 108 Å². The molecule has 10 heteroatoms. The average molecular weight is 727 g/mol. The molecule has 0 bridgehead atoms. The van der Waals surface area contributed by atoms with Crippen molar-refractivity contribution in [3.63, 3.8) is 0 Å². The zero-order valence-electron chi connectivity index (χ0n) is 32.4. The lowest BCUT2D eigenvalue weighted by molar-refractivity contribution is -0.870. The number of unbranched alkanes of at least 4 members (excludes halogenated alkanes) is 12. The molecule has 0 spiro atoms. The molecule has 1 unspecified atom stereocenters. The molecule has 0 radical (unpaired) electrons. The first-order valence-corrected chi connectivity index (χ1v) is 20.9. The van der Waals surface area contributed by atoms with Crippen molar-refractivity contribution >= 4 is 19.8 Å². The second-order valence-electron chi connectivity index (χ2n) is 13.9. The highest BCUT2D eigenvalue weighted by Crippen LogP contribution is 2.43. The number of hydrogen-bond acceptors (Lipinski definition) is 7. The van der Waals surface area contributed by atoms with E-state index in [-0.39, 0.29) is 26.1 Å². The van der Waals surface area contributed by atoms with Crippen LogP contribution in [-0.4, -0.2) is 74.9 Å². The van der Waals surface area contributed by atoms with Crippen LogP contribution in [0, 0.1) is 0 Å². The van der Waals surface area contributed by atoms with Crippen LogP contribution in [0.25, 0.3) is 0 Å². The van der Waals surface area contributed by atoms with Crippen molar-refractivity contribution in [2.75, 3.05) is 47.5 Å². The van der Waals surface area contributed by atoms with Gasteiger partial charge in [0.05, 0.1) is 27.7 Å². The van der Waals surface area contributed by atoms with Crippen molar-refractivity contribution in [1.82, 2.24) is 0 Å². The lowest BCUT2D eigenvalue weighted by atomic mass is 10.1. The van der Waals surface area contributed by atoms with Crippen LogP contribution in [0.5, 0.6) is 0 Å². The van der Waals surface area contributed by atoms with Crippen molar-refractivity contribution in [2.24, 2.45) is 0 Å². The second-order valence-corrected chi connectivity index (χ2v) is 15.4. The third-order valence-corrected chi connectivity index (χ3v) is 8.86. The van der Waals surface area contributed by atoms with Crippen LogP contribution in [0.3, 0.4) is 0 Å². The number of phosphoric ester groups is 1. The summed E-state index contributed by atoms with van der Waals surface area (Å²) in [6.45, 7) is 4.23. The number of phosphoric acid groups is 1. The standard InChI is InChI=1S/C40H72NO8P/c1-6-8-10-12-14-16-18-19-20-21-23-24-26-28-30-32-39(42)46-36-38(37-48-50(44,45)47-35-34-41(3,4)5)49-40(43)33-31-29-27-25-22-17-15-13-11-9-7-2/h8,10,14,16,19-20,23-24,38H,6-7,9,11-13,15,17-18,21-22,25-37H2,1-5H3/p+1/b10-8+,16-14+,20-19+,24-23+/t38-/m1/s1. The highest BCUT2D eigenvalue weighted by molar-refractivity contribution is 7.47. The molecule has 9 nitrogen and oxygen atoms in total. The molecule has 0 heterocycles. The molecule has 2 atom stereocenters. The first-order chi connectivity index (χ1) is 24.0. The fourth-order valence-corrected chi connectivity index (χ4v) is 5.57. The van der Waals surface area contributed by atoms with Crippen LogP contribution in [0.2, 0.25) is 0 Å². The number of likely N-dealkylation sites (N-methyl/N-ethyl adjacent to an activating group) is 1. The number of allylic oxidation sites excluding steroid dienone is 8. The van der Waals surface area contributed by atoms with Gasteiger partial charge in [0, 0.05) is 12.8 Å². The van der Waals surface area contributed by atoms with E-state index in [1.807, 2.05) is 21.1 Å². The summed E-state index contributed by atoms with van der Waals surface area (Å²) in [4.78, 5) is 35.1. The Kier molecular flexibility index (Phi) is 31.5. The van der Waals surface area contributed by atoms with Gasteiger partial charge in [-0.05, 0) is 51.4 Å². The zero-order chi connectivity index (χ0) is 37.2. The van der Waals surface area contributed by atoms with E-state index in [1.54, 1.807) is 0 Å². The molecular weight excluding hydrogens is 653 g/mol. The summed E-state index contributed by atoms with van der Waals surface area (Å²) in [5, 5.41) is 0. The largest absolute Gasteiger partial charge is 0.472 e. The van der Waals surface area contributed by atoms with E-state index in [4.69, 9.17) is 18.5 Å². The predicted molar refractivity (Wildman–Crippen MR) is 206 cm³/mol. The van der Waals surface area contributed by atoms with Gasteiger partial charge in [0.1, 0.15) is 19.8 Å². The Morgan fingerprint density at radius 1 is 0.640 bits per heavy atom. The van der Waals surface area contributed by atoms with Crippen molar-refractivity contribution < 1.29 is 42.1 Å². The molecule has 0 aliphatic rings. The van der Waals surface area contributed by atoms with Crippen LogP contribution in [-0.2, 0) is 32.7 Å². The maximum absolute atomic E-state index is 12.6. The summed E-state index contributed by atoms with van der Waals surface area (Å²) in [5.41, 5.74) is 0. The molecule has 50 heavy (non-hydrogen) atoms. The van der Waals surface area contributed by atoms with E-state index >= 15 is 0 Å². The number of carbonyl (C=O) groups is 2. The van der Waals surface area contributed by atoms with E-state index in [0.717, 1.165) is 51.4 Å². The van der Waals surface area contributed by atoms with Gasteiger partial charge < -0.3 is 18.9 Å². The van der Waals surface area contributed by atoms with E-state index < -0.39 is 32.5 Å². The van der Waals surface area contributed by atoms with Gasteiger partial charge in [-0.2, -0.15) is 0 Å². The van der Waals surface area contributed by atoms with Crippen molar-refractivity contribution in [2.45, 2.75) is 148 Å². The summed E-state index contributed by atoms with van der Waals surface area (Å²) < 4.78 is 34.1. The van der Waals surface area contributed by atoms with Gasteiger partial charge in [-0.3, -0.25) is 18.6 Å². The van der Waals surface area contributed by atoms with Gasteiger partial charge in [-0.25, -0.2) is 4.57 Å². The fourth-order valence-electron chi connectivity index (χ4n) is 4.83. The van der Waals surface area contributed by atoms with Gasteiger partial charge in [0.15, 0.2) is 6.10 Å². The maximum atomic E-state index is 12.6. The lowest BCUT2D eigenvalue weighted by Gasteiger charge is -2.24. The van der Waals surface area contributed by atoms with E-state index in [9.17, 15) is 19.0 Å². The smallest absolute Gasteiger partial charge is 0.462 e. The Morgan fingerprint density at radius 3 is 1.70 bits per heavy atom. The molecule has 0 aromatic carbocycles. The summed E-state index contributed by atoms with van der Waals surface area (Å²) in [7, 11) is 1.45. The third-order valence-electron chi connectivity index (χ3n) is 7.87. The van der Waals surface area contributed by atoms with Crippen LogP contribution in [0.15, 0.2) is 48.6 Å².